The molecule has 0 unspecified atom stereocenters. The van der Waals surface area contributed by atoms with Crippen molar-refractivity contribution in [1.29, 1.82) is 0 Å². The van der Waals surface area contributed by atoms with E-state index in [9.17, 15) is 0 Å². The van der Waals surface area contributed by atoms with Crippen LogP contribution in [0.3, 0.4) is 0 Å². The summed E-state index contributed by atoms with van der Waals surface area (Å²) in [5.74, 6) is 0. The van der Waals surface area contributed by atoms with E-state index in [2.05, 4.69) is 0 Å². The fourth-order valence-electron chi connectivity index (χ4n) is 0. The molecule has 0 N–H and O–H groups in total. The van der Waals surface area contributed by atoms with Gasteiger partial charge in [-0.1, -0.05) is 0 Å². The third-order valence-electron chi connectivity index (χ3n) is 0. The normalized spacial score (nSPS) is 8.14. The molecule has 29 heavy (non-hydrogen) atoms. The van der Waals surface area contributed by atoms with Crippen molar-refractivity contribution in [1.82, 2.24) is 0 Å². The second kappa shape index (κ2) is 47.1. The monoisotopic (exact) mass is 686 g/mol. The predicted octanol–water partition coefficient (Wildman–Crippen LogP) is -30.4. The van der Waals surface area contributed by atoms with E-state index in [1.54, 1.807) is 0 Å². The molecule has 128 valence electrons. The molecule has 0 amide bonds. The summed E-state index contributed by atoms with van der Waals surface area (Å²) in [6, 6.07) is 0. The van der Waals surface area contributed by atoms with Gasteiger partial charge in [-0.3, -0.25) is 0 Å². The van der Waals surface area contributed by atoms with Crippen molar-refractivity contribution in [2.75, 3.05) is 0 Å². The molecule has 0 bridgehead atoms. The van der Waals surface area contributed by atoms with Crippen molar-refractivity contribution in [3.05, 3.63) is 0 Å². The minimum atomic E-state index is -5.39. The maximum Gasteiger partial charge on any atom is 2.00 e. The largest absolute Gasteiger partial charge is 2.00 e. The molecule has 16 nitrogen and oxygen atoms in total. The summed E-state index contributed by atoms with van der Waals surface area (Å²) in [5, 5.41) is 0. The predicted molar refractivity (Wildman–Crippen MR) is 47.7 cm³/mol. The zero-order valence-corrected chi connectivity index (χ0v) is 42.0. The Hall–Kier alpha value is 12.1. The van der Waals surface area contributed by atoms with E-state index in [0.29, 0.717) is 0 Å². The average Bonchev–Trinajstić information content (AvgIpc) is 1.62. The van der Waals surface area contributed by atoms with E-state index in [4.69, 9.17) is 77.0 Å². The second-order valence-corrected chi connectivity index (χ2v) is 5.37. The summed E-state index contributed by atoms with van der Waals surface area (Å²) < 4.78 is 34.2. The molecular formula is Ca3K3Na3O16P4. The van der Waals surface area contributed by atoms with Gasteiger partial charge in [0, 0.05) is 0 Å². The molecular weight excluding hydrogens is 686 g/mol. The van der Waals surface area contributed by atoms with Crippen molar-refractivity contribution < 1.29 is 320 Å². The van der Waals surface area contributed by atoms with Crippen LogP contribution in [0.1, 0.15) is 0 Å². The summed E-state index contributed by atoms with van der Waals surface area (Å²) in [6.45, 7) is 0. The Bertz CT molecular complexity index is 319. The molecule has 0 aromatic rings. The zero-order valence-electron chi connectivity index (χ0n) is 16.4. The third kappa shape index (κ3) is 397. The van der Waals surface area contributed by atoms with Crippen LogP contribution in [-0.2, 0) is 18.3 Å². The Morgan fingerprint density at radius 1 is 0.310 bits per heavy atom. The summed E-state index contributed by atoms with van der Waals surface area (Å²) >= 11 is 0. The minimum absolute atomic E-state index is 0. The fourth-order valence-corrected chi connectivity index (χ4v) is 0. The first kappa shape index (κ1) is 83.7. The van der Waals surface area contributed by atoms with E-state index in [1.165, 1.54) is 0 Å². The number of phosphoric acid groups is 4. The van der Waals surface area contributed by atoms with Crippen LogP contribution in [0.5, 0.6) is 0 Å². The van der Waals surface area contributed by atoms with Gasteiger partial charge in [0.15, 0.2) is 0 Å². The number of hydrogen-bond acceptors (Lipinski definition) is 16. The Balaban J connectivity index is -0.00000000970. The summed E-state index contributed by atoms with van der Waals surface area (Å²) in [7, 11) is -21.6. The smallest absolute Gasteiger partial charge is 0.822 e. The fraction of sp³-hybridized carbons (Fsp3) is 0. The van der Waals surface area contributed by atoms with Gasteiger partial charge in [0.1, 0.15) is 0 Å². The van der Waals surface area contributed by atoms with Crippen LogP contribution in [0.15, 0.2) is 0 Å². The van der Waals surface area contributed by atoms with Gasteiger partial charge in [-0.2, -0.15) is 31.3 Å². The van der Waals surface area contributed by atoms with Gasteiger partial charge in [0.25, 0.3) is 0 Å². The standard InChI is InChI=1S/3Ca.3K.3Na.4H3O4P/c;;;;;;;;;4*1-5(2,3)4/h;;;;;;;;;4*(H3,1,2,3,4)/q3*+2;6*+1;;;;/p-12. The molecule has 0 heterocycles. The van der Waals surface area contributed by atoms with Crippen LogP contribution in [0.4, 0.5) is 0 Å². The topological polar surface area (TPSA) is 345 Å². The Kier molecular flexibility index (Phi) is 136. The maximum atomic E-state index is 8.55. The van der Waals surface area contributed by atoms with Gasteiger partial charge in [-0.25, -0.2) is 0 Å². The Labute approximate surface area is 449 Å². The van der Waals surface area contributed by atoms with Crippen LogP contribution < -0.4 is 302 Å². The van der Waals surface area contributed by atoms with Crippen LogP contribution in [0, 0.1) is 0 Å². The Morgan fingerprint density at radius 2 is 0.310 bits per heavy atom. The molecule has 29 heteroatoms. The minimum Gasteiger partial charge on any atom is -0.822 e. The molecule has 0 aliphatic carbocycles. The molecule has 0 atom stereocenters. The van der Waals surface area contributed by atoms with Crippen molar-refractivity contribution in [3.8, 4) is 0 Å². The van der Waals surface area contributed by atoms with E-state index < -0.39 is 31.3 Å². The molecule has 0 saturated carbocycles. The second-order valence-electron chi connectivity index (χ2n) is 1.79. The van der Waals surface area contributed by atoms with Crippen LogP contribution in [-0.4, -0.2) is 113 Å². The number of hydrogen-bond donors (Lipinski definition) is 0. The third-order valence-corrected chi connectivity index (χ3v) is 0. The Morgan fingerprint density at radius 3 is 0.310 bits per heavy atom. The van der Waals surface area contributed by atoms with E-state index in [-0.39, 0.29) is 356 Å². The van der Waals surface area contributed by atoms with Crippen LogP contribution >= 0.6 is 31.3 Å². The maximum absolute atomic E-state index is 8.55. The first-order chi connectivity index (χ1) is 8.00. The summed E-state index contributed by atoms with van der Waals surface area (Å²) in [6.07, 6.45) is 0. The van der Waals surface area contributed by atoms with Crippen molar-refractivity contribution >= 4 is 145 Å². The molecule has 0 fully saturated rings. The first-order valence-corrected chi connectivity index (χ1v) is 8.76. The van der Waals surface area contributed by atoms with Crippen LogP contribution in [0.2, 0.25) is 0 Å². The number of rotatable bonds is 0. The molecule has 0 spiro atoms. The van der Waals surface area contributed by atoms with Gasteiger partial charge >= 0.3 is 356 Å². The van der Waals surface area contributed by atoms with Crippen molar-refractivity contribution in [2.45, 2.75) is 0 Å². The van der Waals surface area contributed by atoms with E-state index in [0.717, 1.165) is 0 Å². The average molecular weight is 686 g/mol. The molecule has 0 aromatic heterocycles. The van der Waals surface area contributed by atoms with Gasteiger partial charge in [0.05, 0.1) is 0 Å². The van der Waals surface area contributed by atoms with Gasteiger partial charge in [0.2, 0.25) is 0 Å². The van der Waals surface area contributed by atoms with Crippen molar-refractivity contribution in [3.63, 3.8) is 0 Å². The van der Waals surface area contributed by atoms with Gasteiger partial charge in [-0.05, 0) is 0 Å². The molecule has 0 aliphatic rings. The zero-order chi connectivity index (χ0) is 18.0. The van der Waals surface area contributed by atoms with Gasteiger partial charge in [-0.15, -0.1) is 0 Å². The molecule has 0 rings (SSSR count). The van der Waals surface area contributed by atoms with Gasteiger partial charge < -0.3 is 77.0 Å². The summed E-state index contributed by atoms with van der Waals surface area (Å²) in [4.78, 5) is 103. The summed E-state index contributed by atoms with van der Waals surface area (Å²) in [5.41, 5.74) is 0. The molecule has 0 saturated heterocycles. The molecule has 0 aromatic carbocycles. The van der Waals surface area contributed by atoms with Crippen molar-refractivity contribution in [2.24, 2.45) is 0 Å². The van der Waals surface area contributed by atoms with Crippen LogP contribution in [0.25, 0.3) is 0 Å². The van der Waals surface area contributed by atoms with E-state index in [1.807, 2.05) is 0 Å². The quantitative estimate of drug-likeness (QED) is 0.169. The molecule has 0 aliphatic heterocycles. The van der Waals surface area contributed by atoms with E-state index >= 15 is 0 Å². The SMILES string of the molecule is O=P([O-])([O-])[O-].O=P([O-])([O-])[O-].O=P([O-])([O-])[O-].O=P([O-])([O-])[O-].[Ca+2].[Ca+2].[Ca+2].[K+].[K+].[K+].[Na+].[Na+].[Na+]. The molecule has 0 radical (unpaired) electrons. The first-order valence-electron chi connectivity index (χ1n) is 2.92.